The van der Waals surface area contributed by atoms with Crippen molar-refractivity contribution in [1.29, 1.82) is 0 Å². The molecule has 0 atom stereocenters. The number of imidazole rings is 1. The van der Waals surface area contributed by atoms with Crippen molar-refractivity contribution in [2.24, 2.45) is 0 Å². The minimum absolute atomic E-state index is 0.528. The van der Waals surface area contributed by atoms with Crippen molar-refractivity contribution in [3.8, 4) is 17.1 Å². The molecule has 1 N–H and O–H groups in total. The van der Waals surface area contributed by atoms with Crippen LogP contribution in [0.3, 0.4) is 0 Å². The second-order valence-electron chi connectivity index (χ2n) is 5.20. The van der Waals surface area contributed by atoms with E-state index in [1.54, 1.807) is 31.9 Å². The van der Waals surface area contributed by atoms with Crippen LogP contribution in [0.25, 0.3) is 16.9 Å². The van der Waals surface area contributed by atoms with Crippen molar-refractivity contribution < 1.29 is 4.74 Å². The summed E-state index contributed by atoms with van der Waals surface area (Å²) in [7, 11) is 1.59. The van der Waals surface area contributed by atoms with E-state index >= 15 is 0 Å². The first kappa shape index (κ1) is 14.2. The highest BCUT2D eigenvalue weighted by atomic mass is 16.5. The van der Waals surface area contributed by atoms with Crippen LogP contribution in [-0.2, 0) is 0 Å². The van der Waals surface area contributed by atoms with Crippen LogP contribution in [0, 0.1) is 0 Å². The molecule has 0 unspecified atom stereocenters. The molecule has 0 saturated carbocycles. The zero-order valence-corrected chi connectivity index (χ0v) is 13.0. The van der Waals surface area contributed by atoms with Crippen LogP contribution in [0.4, 0.5) is 11.5 Å². The molecule has 3 aromatic heterocycles. The largest absolute Gasteiger partial charge is 0.481 e. The molecule has 0 aliphatic carbocycles. The summed E-state index contributed by atoms with van der Waals surface area (Å²) in [5.41, 5.74) is 3.54. The lowest BCUT2D eigenvalue weighted by Gasteiger charge is -2.08. The molecule has 0 fully saturated rings. The number of pyridine rings is 1. The number of anilines is 2. The van der Waals surface area contributed by atoms with Crippen LogP contribution in [0.5, 0.6) is 5.88 Å². The van der Waals surface area contributed by atoms with Gasteiger partial charge >= 0.3 is 0 Å². The maximum atomic E-state index is 5.20. The van der Waals surface area contributed by atoms with E-state index < -0.39 is 0 Å². The molecular formula is C18H15N5O. The second kappa shape index (κ2) is 6.00. The molecule has 4 aromatic rings. The fourth-order valence-corrected chi connectivity index (χ4v) is 2.53. The molecule has 0 bridgehead atoms. The molecule has 0 aliphatic heterocycles. The van der Waals surface area contributed by atoms with Gasteiger partial charge in [0.25, 0.3) is 0 Å². The first-order valence-corrected chi connectivity index (χ1v) is 7.50. The van der Waals surface area contributed by atoms with E-state index in [9.17, 15) is 0 Å². The Hall–Kier alpha value is -3.41. The van der Waals surface area contributed by atoms with Crippen LogP contribution in [-0.4, -0.2) is 26.5 Å². The van der Waals surface area contributed by atoms with Gasteiger partial charge in [-0.2, -0.15) is 0 Å². The van der Waals surface area contributed by atoms with E-state index in [2.05, 4.69) is 15.3 Å². The van der Waals surface area contributed by atoms with Gasteiger partial charge in [-0.1, -0.05) is 18.2 Å². The normalized spacial score (nSPS) is 10.7. The molecule has 0 saturated heterocycles. The smallest absolute Gasteiger partial charge is 0.218 e. The predicted octanol–water partition coefficient (Wildman–Crippen LogP) is 3.54. The van der Waals surface area contributed by atoms with Crippen LogP contribution >= 0.6 is 0 Å². The Balaban J connectivity index is 1.91. The molecule has 0 amide bonds. The summed E-state index contributed by atoms with van der Waals surface area (Å²) < 4.78 is 7.11. The Labute approximate surface area is 138 Å². The Morgan fingerprint density at radius 3 is 2.58 bits per heavy atom. The number of para-hydroxylation sites is 1. The quantitative estimate of drug-likeness (QED) is 0.623. The van der Waals surface area contributed by atoms with E-state index in [4.69, 9.17) is 9.72 Å². The van der Waals surface area contributed by atoms with Crippen molar-refractivity contribution in [1.82, 2.24) is 19.4 Å². The van der Waals surface area contributed by atoms with E-state index in [1.165, 1.54) is 0 Å². The van der Waals surface area contributed by atoms with Crippen LogP contribution in [0.15, 0.2) is 67.3 Å². The van der Waals surface area contributed by atoms with Gasteiger partial charge in [-0.05, 0) is 24.3 Å². The SMILES string of the molecule is COc1cc2nc(-c3ccncc3)c(Nc3ccccc3)n2cn1. The van der Waals surface area contributed by atoms with Gasteiger partial charge in [0.1, 0.15) is 23.5 Å². The summed E-state index contributed by atoms with van der Waals surface area (Å²) >= 11 is 0. The first-order chi connectivity index (χ1) is 11.8. The summed E-state index contributed by atoms with van der Waals surface area (Å²) in [5, 5.41) is 3.43. The third-order valence-corrected chi connectivity index (χ3v) is 3.69. The van der Waals surface area contributed by atoms with Gasteiger partial charge in [0, 0.05) is 29.7 Å². The van der Waals surface area contributed by atoms with Gasteiger partial charge in [-0.25, -0.2) is 9.97 Å². The summed E-state index contributed by atoms with van der Waals surface area (Å²) in [4.78, 5) is 13.1. The maximum absolute atomic E-state index is 5.20. The lowest BCUT2D eigenvalue weighted by atomic mass is 10.2. The van der Waals surface area contributed by atoms with Crippen molar-refractivity contribution in [2.75, 3.05) is 12.4 Å². The number of fused-ring (bicyclic) bond motifs is 1. The molecule has 118 valence electrons. The van der Waals surface area contributed by atoms with E-state index in [1.807, 2.05) is 46.9 Å². The van der Waals surface area contributed by atoms with Gasteiger partial charge in [-0.3, -0.25) is 9.38 Å². The number of hydrogen-bond donors (Lipinski definition) is 1. The number of nitrogens with one attached hydrogen (secondary N) is 1. The standard InChI is InChI=1S/C18H15N5O/c1-24-16-11-15-22-17(13-7-9-19-10-8-13)18(23(15)12-20-16)21-14-5-3-2-4-6-14/h2-12,21H,1H3. The zero-order valence-electron chi connectivity index (χ0n) is 13.0. The second-order valence-corrected chi connectivity index (χ2v) is 5.20. The maximum Gasteiger partial charge on any atom is 0.218 e. The minimum atomic E-state index is 0.528. The molecular weight excluding hydrogens is 302 g/mol. The number of nitrogens with zero attached hydrogens (tertiary/aromatic N) is 4. The van der Waals surface area contributed by atoms with Crippen molar-refractivity contribution >= 4 is 17.2 Å². The average Bonchev–Trinajstić information content (AvgIpc) is 3.01. The summed E-state index contributed by atoms with van der Waals surface area (Å²) in [5.74, 6) is 1.37. The Morgan fingerprint density at radius 2 is 1.83 bits per heavy atom. The Morgan fingerprint density at radius 1 is 1.04 bits per heavy atom. The predicted molar refractivity (Wildman–Crippen MR) is 92.5 cm³/mol. The number of benzene rings is 1. The highest BCUT2D eigenvalue weighted by Crippen LogP contribution is 2.31. The molecule has 6 nitrogen and oxygen atoms in total. The fraction of sp³-hybridized carbons (Fsp3) is 0.0556. The average molecular weight is 317 g/mol. The van der Waals surface area contributed by atoms with Gasteiger partial charge < -0.3 is 10.1 Å². The van der Waals surface area contributed by atoms with Gasteiger partial charge in [0.2, 0.25) is 5.88 Å². The van der Waals surface area contributed by atoms with Gasteiger partial charge in [0.05, 0.1) is 7.11 Å². The van der Waals surface area contributed by atoms with Crippen molar-refractivity contribution in [3.05, 3.63) is 67.3 Å². The van der Waals surface area contributed by atoms with Crippen LogP contribution in [0.2, 0.25) is 0 Å². The molecule has 0 radical (unpaired) electrons. The highest BCUT2D eigenvalue weighted by Gasteiger charge is 2.15. The van der Waals surface area contributed by atoms with Crippen LogP contribution in [0.1, 0.15) is 0 Å². The lowest BCUT2D eigenvalue weighted by molar-refractivity contribution is 0.397. The monoisotopic (exact) mass is 317 g/mol. The van der Waals surface area contributed by atoms with E-state index in [-0.39, 0.29) is 0 Å². The molecule has 4 rings (SSSR count). The topological polar surface area (TPSA) is 64.3 Å². The third-order valence-electron chi connectivity index (χ3n) is 3.69. The number of ether oxygens (including phenoxy) is 1. The minimum Gasteiger partial charge on any atom is -0.481 e. The summed E-state index contributed by atoms with van der Waals surface area (Å²) in [6.45, 7) is 0. The van der Waals surface area contributed by atoms with Gasteiger partial charge in [-0.15, -0.1) is 0 Å². The first-order valence-electron chi connectivity index (χ1n) is 7.50. The molecule has 6 heteroatoms. The molecule has 0 spiro atoms. The number of hydrogen-bond acceptors (Lipinski definition) is 5. The van der Waals surface area contributed by atoms with Crippen molar-refractivity contribution in [3.63, 3.8) is 0 Å². The molecule has 24 heavy (non-hydrogen) atoms. The number of aromatic nitrogens is 4. The summed E-state index contributed by atoms with van der Waals surface area (Å²) in [6.07, 6.45) is 5.21. The fourth-order valence-electron chi connectivity index (χ4n) is 2.53. The Kier molecular flexibility index (Phi) is 3.55. The molecule has 3 heterocycles. The number of methoxy groups -OCH3 is 1. The lowest BCUT2D eigenvalue weighted by Crippen LogP contribution is -1.98. The van der Waals surface area contributed by atoms with Gasteiger partial charge in [0.15, 0.2) is 0 Å². The zero-order chi connectivity index (χ0) is 16.4. The Bertz CT molecular complexity index is 967. The third kappa shape index (κ3) is 2.54. The summed E-state index contributed by atoms with van der Waals surface area (Å²) in [6, 6.07) is 15.6. The highest BCUT2D eigenvalue weighted by molar-refractivity contribution is 5.79. The molecule has 1 aromatic carbocycles. The van der Waals surface area contributed by atoms with Crippen LogP contribution < -0.4 is 10.1 Å². The molecule has 0 aliphatic rings. The van der Waals surface area contributed by atoms with Crippen molar-refractivity contribution in [2.45, 2.75) is 0 Å². The number of rotatable bonds is 4. The van der Waals surface area contributed by atoms with E-state index in [0.29, 0.717) is 5.88 Å². The van der Waals surface area contributed by atoms with E-state index in [0.717, 1.165) is 28.4 Å².